The maximum Gasteiger partial charge on any atom is 0.419 e. The maximum atomic E-state index is 12.6. The largest absolute Gasteiger partial charge is 0.419 e. The van der Waals surface area contributed by atoms with E-state index in [0.717, 1.165) is 24.3 Å². The summed E-state index contributed by atoms with van der Waals surface area (Å²) in [7, 11) is 0. The molecule has 1 aliphatic rings. The summed E-state index contributed by atoms with van der Waals surface area (Å²) in [5, 5.41) is 0.699. The first-order valence-corrected chi connectivity index (χ1v) is 9.52. The third-order valence-corrected chi connectivity index (χ3v) is 5.11. The van der Waals surface area contributed by atoms with Crippen molar-refractivity contribution in [1.29, 1.82) is 0 Å². The number of anilines is 1. The minimum absolute atomic E-state index is 0.0215. The Morgan fingerprint density at radius 2 is 1.75 bits per heavy atom. The third-order valence-electron chi connectivity index (χ3n) is 4.87. The lowest BCUT2D eigenvalue weighted by Crippen LogP contribution is -2.50. The van der Waals surface area contributed by atoms with Crippen molar-refractivity contribution in [3.05, 3.63) is 76.4 Å². The summed E-state index contributed by atoms with van der Waals surface area (Å²) < 4.78 is 6.62. The van der Waals surface area contributed by atoms with Gasteiger partial charge in [0.25, 0.3) is 0 Å². The summed E-state index contributed by atoms with van der Waals surface area (Å²) in [6, 6.07) is 17.1. The lowest BCUT2D eigenvalue weighted by molar-refractivity contribution is -0.132. The van der Waals surface area contributed by atoms with E-state index in [2.05, 4.69) is 4.90 Å². The SMILES string of the molecule is O=C(Cn1cc(-c2ccccc2)oc1=O)N1CCN(c2cccc(Cl)c2)CC1. The number of nitrogens with zero attached hydrogens (tertiary/aromatic N) is 3. The maximum absolute atomic E-state index is 12.6. The molecule has 2 aromatic carbocycles. The van der Waals surface area contributed by atoms with Crippen LogP contribution in [0.15, 0.2) is 70.0 Å². The lowest BCUT2D eigenvalue weighted by atomic mass is 10.2. The van der Waals surface area contributed by atoms with Crippen LogP contribution in [0.1, 0.15) is 0 Å². The Morgan fingerprint density at radius 1 is 1.00 bits per heavy atom. The van der Waals surface area contributed by atoms with Gasteiger partial charge in [-0.2, -0.15) is 0 Å². The Hall–Kier alpha value is -2.99. The lowest BCUT2D eigenvalue weighted by Gasteiger charge is -2.36. The molecule has 28 heavy (non-hydrogen) atoms. The zero-order valence-corrected chi connectivity index (χ0v) is 16.0. The quantitative estimate of drug-likeness (QED) is 0.678. The molecule has 0 N–H and O–H groups in total. The second-order valence-electron chi connectivity index (χ2n) is 6.70. The van der Waals surface area contributed by atoms with Crippen molar-refractivity contribution in [2.24, 2.45) is 0 Å². The van der Waals surface area contributed by atoms with Gasteiger partial charge in [0.15, 0.2) is 5.76 Å². The highest BCUT2D eigenvalue weighted by molar-refractivity contribution is 6.30. The molecule has 0 saturated carbocycles. The number of carbonyl (C=O) groups excluding carboxylic acids is 1. The summed E-state index contributed by atoms with van der Waals surface area (Å²) in [6.07, 6.45) is 1.60. The molecule has 1 saturated heterocycles. The monoisotopic (exact) mass is 397 g/mol. The number of amides is 1. The van der Waals surface area contributed by atoms with Crippen LogP contribution in [0.2, 0.25) is 5.02 Å². The number of hydrogen-bond donors (Lipinski definition) is 0. The van der Waals surface area contributed by atoms with Crippen LogP contribution in [0.4, 0.5) is 5.69 Å². The van der Waals surface area contributed by atoms with Gasteiger partial charge in [-0.25, -0.2) is 4.79 Å². The van der Waals surface area contributed by atoms with E-state index in [1.54, 1.807) is 11.1 Å². The zero-order valence-electron chi connectivity index (χ0n) is 15.3. The Morgan fingerprint density at radius 3 is 2.46 bits per heavy atom. The molecule has 1 fully saturated rings. The van der Waals surface area contributed by atoms with Crippen molar-refractivity contribution < 1.29 is 9.21 Å². The zero-order chi connectivity index (χ0) is 19.5. The highest BCUT2D eigenvalue weighted by Gasteiger charge is 2.22. The molecule has 6 nitrogen and oxygen atoms in total. The molecule has 7 heteroatoms. The normalized spacial score (nSPS) is 14.3. The molecule has 144 valence electrons. The molecule has 2 heterocycles. The molecule has 0 bridgehead atoms. The molecule has 4 rings (SSSR count). The number of halogens is 1. The van der Waals surface area contributed by atoms with Crippen LogP contribution in [0.3, 0.4) is 0 Å². The van der Waals surface area contributed by atoms with Crippen molar-refractivity contribution in [2.45, 2.75) is 6.54 Å². The fourth-order valence-corrected chi connectivity index (χ4v) is 3.54. The third kappa shape index (κ3) is 3.97. The van der Waals surface area contributed by atoms with Crippen molar-refractivity contribution in [1.82, 2.24) is 9.47 Å². The predicted molar refractivity (Wildman–Crippen MR) is 109 cm³/mol. The summed E-state index contributed by atoms with van der Waals surface area (Å²) in [5.74, 6) is -0.151. The summed E-state index contributed by atoms with van der Waals surface area (Å²) in [4.78, 5) is 28.7. The van der Waals surface area contributed by atoms with Crippen LogP contribution in [0.25, 0.3) is 11.3 Å². The average molecular weight is 398 g/mol. The first kappa shape index (κ1) is 18.4. The van der Waals surface area contributed by atoms with Crippen LogP contribution >= 0.6 is 11.6 Å². The first-order chi connectivity index (χ1) is 13.6. The summed E-state index contributed by atoms with van der Waals surface area (Å²) in [6.45, 7) is 2.63. The highest BCUT2D eigenvalue weighted by Crippen LogP contribution is 2.21. The number of hydrogen-bond acceptors (Lipinski definition) is 4. The van der Waals surface area contributed by atoms with Gasteiger partial charge in [0.2, 0.25) is 5.91 Å². The van der Waals surface area contributed by atoms with E-state index < -0.39 is 5.76 Å². The van der Waals surface area contributed by atoms with E-state index in [1.807, 2.05) is 54.6 Å². The highest BCUT2D eigenvalue weighted by atomic mass is 35.5. The summed E-state index contributed by atoms with van der Waals surface area (Å²) in [5.41, 5.74) is 1.86. The van der Waals surface area contributed by atoms with Crippen molar-refractivity contribution in [3.8, 4) is 11.3 Å². The van der Waals surface area contributed by atoms with Gasteiger partial charge in [-0.15, -0.1) is 0 Å². The minimum atomic E-state index is -0.523. The molecule has 1 aromatic heterocycles. The van der Waals surface area contributed by atoms with Crippen molar-refractivity contribution >= 4 is 23.2 Å². The van der Waals surface area contributed by atoms with Gasteiger partial charge in [0.1, 0.15) is 6.54 Å². The Labute approximate surface area is 167 Å². The fraction of sp³-hybridized carbons (Fsp3) is 0.238. The number of rotatable bonds is 4. The Bertz CT molecular complexity index is 1020. The van der Waals surface area contributed by atoms with Crippen LogP contribution < -0.4 is 10.7 Å². The standard InChI is InChI=1S/C21H20ClN3O3/c22-17-7-4-8-18(13-17)23-9-11-24(12-10-23)20(26)15-25-14-19(28-21(25)27)16-5-2-1-3-6-16/h1-8,13-14H,9-12,15H2. The van der Waals surface area contributed by atoms with Crippen LogP contribution in [0.5, 0.6) is 0 Å². The van der Waals surface area contributed by atoms with E-state index in [-0.39, 0.29) is 12.5 Å². The second kappa shape index (κ2) is 7.94. The van der Waals surface area contributed by atoms with E-state index >= 15 is 0 Å². The smallest absolute Gasteiger partial charge is 0.408 e. The number of aromatic nitrogens is 1. The van der Waals surface area contributed by atoms with Gasteiger partial charge in [0.05, 0.1) is 6.20 Å². The summed E-state index contributed by atoms with van der Waals surface area (Å²) >= 11 is 6.06. The van der Waals surface area contributed by atoms with E-state index in [1.165, 1.54) is 4.57 Å². The van der Waals surface area contributed by atoms with Gasteiger partial charge in [-0.3, -0.25) is 9.36 Å². The molecule has 0 atom stereocenters. The van der Waals surface area contributed by atoms with Gasteiger partial charge in [-0.1, -0.05) is 48.0 Å². The number of benzene rings is 2. The van der Waals surface area contributed by atoms with Crippen molar-refractivity contribution in [3.63, 3.8) is 0 Å². The molecule has 1 aliphatic heterocycles. The molecular formula is C21H20ClN3O3. The van der Waals surface area contributed by atoms with Crippen LogP contribution in [-0.4, -0.2) is 41.6 Å². The molecule has 0 aliphatic carbocycles. The van der Waals surface area contributed by atoms with Crippen LogP contribution in [0, 0.1) is 0 Å². The van der Waals surface area contributed by atoms with Gasteiger partial charge in [0, 0.05) is 42.5 Å². The first-order valence-electron chi connectivity index (χ1n) is 9.14. The molecule has 0 unspecified atom stereocenters. The van der Waals surface area contributed by atoms with Crippen LogP contribution in [-0.2, 0) is 11.3 Å². The predicted octanol–water partition coefficient (Wildman–Crippen LogP) is 3.11. The van der Waals surface area contributed by atoms with E-state index in [4.69, 9.17) is 16.0 Å². The number of carbonyl (C=O) groups is 1. The Balaban J connectivity index is 1.39. The molecule has 0 spiro atoms. The average Bonchev–Trinajstić information content (AvgIpc) is 3.09. The topological polar surface area (TPSA) is 58.7 Å². The van der Waals surface area contributed by atoms with Crippen molar-refractivity contribution in [2.75, 3.05) is 31.1 Å². The van der Waals surface area contributed by atoms with Gasteiger partial charge in [-0.05, 0) is 18.2 Å². The minimum Gasteiger partial charge on any atom is -0.408 e. The van der Waals surface area contributed by atoms with E-state index in [0.29, 0.717) is 23.9 Å². The van der Waals surface area contributed by atoms with Gasteiger partial charge < -0.3 is 14.2 Å². The number of oxazole rings is 1. The molecule has 3 aromatic rings. The molecular weight excluding hydrogens is 378 g/mol. The fourth-order valence-electron chi connectivity index (χ4n) is 3.35. The van der Waals surface area contributed by atoms with Gasteiger partial charge >= 0.3 is 5.76 Å². The Kier molecular flexibility index (Phi) is 5.21. The number of piperazine rings is 1. The molecule has 1 amide bonds. The van der Waals surface area contributed by atoms with E-state index in [9.17, 15) is 9.59 Å². The second-order valence-corrected chi connectivity index (χ2v) is 7.14. The molecule has 0 radical (unpaired) electrons.